The first-order valence-corrected chi connectivity index (χ1v) is 6.16. The second-order valence-electron chi connectivity index (χ2n) is 2.72. The lowest BCUT2D eigenvalue weighted by molar-refractivity contribution is -0.113. The van der Waals surface area contributed by atoms with Crippen molar-refractivity contribution < 1.29 is 4.79 Å². The second-order valence-corrected chi connectivity index (χ2v) is 4.44. The van der Waals surface area contributed by atoms with Gasteiger partial charge in [-0.1, -0.05) is 0 Å². The summed E-state index contributed by atoms with van der Waals surface area (Å²) in [4.78, 5) is 11.3. The van der Waals surface area contributed by atoms with E-state index in [1.165, 1.54) is 11.8 Å². The molecule has 0 bridgehead atoms. The number of carbonyl (C=O) groups excluding carboxylic acids is 1. The highest BCUT2D eigenvalue weighted by Gasteiger charge is 2.04. The SMILES string of the molecule is CSCC(=O)Nc1ccc(N)cc1Br. The number of carbonyl (C=O) groups is 1. The molecule has 0 heterocycles. The molecule has 0 aromatic heterocycles. The highest BCUT2D eigenvalue weighted by molar-refractivity contribution is 9.10. The summed E-state index contributed by atoms with van der Waals surface area (Å²) in [6, 6.07) is 5.28. The van der Waals surface area contributed by atoms with Crippen LogP contribution in [0.5, 0.6) is 0 Å². The van der Waals surface area contributed by atoms with Gasteiger partial charge >= 0.3 is 0 Å². The summed E-state index contributed by atoms with van der Waals surface area (Å²) >= 11 is 4.81. The van der Waals surface area contributed by atoms with Gasteiger partial charge in [0.1, 0.15) is 0 Å². The summed E-state index contributed by atoms with van der Waals surface area (Å²) in [7, 11) is 0. The third-order valence-electron chi connectivity index (χ3n) is 1.54. The van der Waals surface area contributed by atoms with E-state index < -0.39 is 0 Å². The molecule has 0 atom stereocenters. The van der Waals surface area contributed by atoms with Crippen LogP contribution in [0.2, 0.25) is 0 Å². The third kappa shape index (κ3) is 3.23. The summed E-state index contributed by atoms with van der Waals surface area (Å²) in [6.07, 6.45) is 1.89. The van der Waals surface area contributed by atoms with E-state index in [4.69, 9.17) is 5.73 Å². The molecule has 1 aromatic carbocycles. The van der Waals surface area contributed by atoms with Crippen LogP contribution in [0.3, 0.4) is 0 Å². The van der Waals surface area contributed by atoms with Crippen LogP contribution in [0.15, 0.2) is 22.7 Å². The van der Waals surface area contributed by atoms with E-state index in [9.17, 15) is 4.79 Å². The van der Waals surface area contributed by atoms with E-state index in [2.05, 4.69) is 21.2 Å². The fraction of sp³-hybridized carbons (Fsp3) is 0.222. The highest BCUT2D eigenvalue weighted by Crippen LogP contribution is 2.24. The number of nitrogens with one attached hydrogen (secondary N) is 1. The standard InChI is InChI=1S/C9H11BrN2OS/c1-14-5-9(13)12-8-3-2-6(11)4-7(8)10/h2-4H,5,11H2,1H3,(H,12,13). The number of amides is 1. The topological polar surface area (TPSA) is 55.1 Å². The number of nitrogens with two attached hydrogens (primary N) is 1. The minimum absolute atomic E-state index is 0.0111. The van der Waals surface area contributed by atoms with Gasteiger partial charge in [0.25, 0.3) is 0 Å². The van der Waals surface area contributed by atoms with Crippen molar-refractivity contribution >= 4 is 45.0 Å². The molecule has 76 valence electrons. The quantitative estimate of drug-likeness (QED) is 0.832. The molecular formula is C9H11BrN2OS. The van der Waals surface area contributed by atoms with Crippen molar-refractivity contribution in [2.24, 2.45) is 0 Å². The molecule has 1 amide bonds. The number of halogens is 1. The summed E-state index contributed by atoms with van der Waals surface area (Å²) in [5.41, 5.74) is 6.98. The zero-order valence-electron chi connectivity index (χ0n) is 7.71. The Morgan fingerprint density at radius 1 is 1.64 bits per heavy atom. The predicted octanol–water partition coefficient (Wildman–Crippen LogP) is 2.33. The lowest BCUT2D eigenvalue weighted by atomic mass is 10.3. The minimum atomic E-state index is -0.0111. The van der Waals surface area contributed by atoms with E-state index in [1.807, 2.05) is 6.26 Å². The first-order chi connectivity index (χ1) is 6.63. The lowest BCUT2D eigenvalue weighted by Crippen LogP contribution is -2.14. The summed E-state index contributed by atoms with van der Waals surface area (Å²) in [5, 5.41) is 2.78. The van der Waals surface area contributed by atoms with Gasteiger partial charge in [-0.15, -0.1) is 0 Å². The first-order valence-electron chi connectivity index (χ1n) is 3.97. The van der Waals surface area contributed by atoms with Crippen molar-refractivity contribution in [2.75, 3.05) is 23.1 Å². The molecule has 0 saturated heterocycles. The van der Waals surface area contributed by atoms with Crippen molar-refractivity contribution in [3.63, 3.8) is 0 Å². The van der Waals surface area contributed by atoms with Crippen LogP contribution in [-0.2, 0) is 4.79 Å². The van der Waals surface area contributed by atoms with Crippen molar-refractivity contribution in [3.05, 3.63) is 22.7 Å². The molecule has 0 saturated carbocycles. The van der Waals surface area contributed by atoms with E-state index in [1.54, 1.807) is 18.2 Å². The van der Waals surface area contributed by atoms with Gasteiger partial charge in [-0.3, -0.25) is 4.79 Å². The van der Waals surface area contributed by atoms with E-state index in [-0.39, 0.29) is 5.91 Å². The second kappa shape index (κ2) is 5.26. The molecular weight excluding hydrogens is 264 g/mol. The molecule has 1 aromatic rings. The Morgan fingerprint density at radius 3 is 2.93 bits per heavy atom. The Balaban J connectivity index is 2.72. The van der Waals surface area contributed by atoms with E-state index >= 15 is 0 Å². The number of anilines is 2. The van der Waals surface area contributed by atoms with Gasteiger partial charge in [-0.25, -0.2) is 0 Å². The van der Waals surface area contributed by atoms with Crippen LogP contribution in [0, 0.1) is 0 Å². The zero-order valence-corrected chi connectivity index (χ0v) is 10.1. The van der Waals surface area contributed by atoms with E-state index in [0.29, 0.717) is 11.4 Å². The number of rotatable bonds is 3. The Hall–Kier alpha value is -0.680. The van der Waals surface area contributed by atoms with Gasteiger partial charge in [0.05, 0.1) is 11.4 Å². The van der Waals surface area contributed by atoms with Crippen LogP contribution < -0.4 is 11.1 Å². The van der Waals surface area contributed by atoms with Gasteiger partial charge < -0.3 is 11.1 Å². The molecule has 3 N–H and O–H groups in total. The Labute approximate surface area is 95.6 Å². The molecule has 5 heteroatoms. The Kier molecular flexibility index (Phi) is 4.28. The van der Waals surface area contributed by atoms with Gasteiger partial charge in [-0.2, -0.15) is 11.8 Å². The molecule has 0 radical (unpaired) electrons. The van der Waals surface area contributed by atoms with E-state index in [0.717, 1.165) is 10.2 Å². The summed E-state index contributed by atoms with van der Waals surface area (Å²) in [5.74, 6) is 0.444. The number of nitrogen functional groups attached to an aromatic ring is 1. The zero-order chi connectivity index (χ0) is 10.6. The summed E-state index contributed by atoms with van der Waals surface area (Å²) < 4.78 is 0.798. The molecule has 0 unspecified atom stereocenters. The number of thioether (sulfide) groups is 1. The largest absolute Gasteiger partial charge is 0.399 e. The maximum atomic E-state index is 11.3. The van der Waals surface area contributed by atoms with Crippen LogP contribution >= 0.6 is 27.7 Å². The van der Waals surface area contributed by atoms with Crippen molar-refractivity contribution in [1.29, 1.82) is 0 Å². The van der Waals surface area contributed by atoms with Crippen LogP contribution in [-0.4, -0.2) is 17.9 Å². The predicted molar refractivity (Wildman–Crippen MR) is 65.6 cm³/mol. The maximum absolute atomic E-state index is 11.3. The van der Waals surface area contributed by atoms with Crippen LogP contribution in [0.1, 0.15) is 0 Å². The smallest absolute Gasteiger partial charge is 0.234 e. The lowest BCUT2D eigenvalue weighted by Gasteiger charge is -2.06. The molecule has 3 nitrogen and oxygen atoms in total. The molecule has 14 heavy (non-hydrogen) atoms. The van der Waals surface area contributed by atoms with Gasteiger partial charge in [0.15, 0.2) is 0 Å². The fourth-order valence-corrected chi connectivity index (χ4v) is 1.78. The van der Waals surface area contributed by atoms with Crippen molar-refractivity contribution in [1.82, 2.24) is 0 Å². The van der Waals surface area contributed by atoms with Gasteiger partial charge in [0, 0.05) is 10.2 Å². The van der Waals surface area contributed by atoms with Crippen LogP contribution in [0.4, 0.5) is 11.4 Å². The maximum Gasteiger partial charge on any atom is 0.234 e. The molecule has 0 fully saturated rings. The molecule has 0 aliphatic carbocycles. The van der Waals surface area contributed by atoms with Crippen molar-refractivity contribution in [3.8, 4) is 0 Å². The van der Waals surface area contributed by atoms with Gasteiger partial charge in [-0.05, 0) is 40.4 Å². The summed E-state index contributed by atoms with van der Waals surface area (Å²) in [6.45, 7) is 0. The van der Waals surface area contributed by atoms with Crippen molar-refractivity contribution in [2.45, 2.75) is 0 Å². The Bertz CT molecular complexity index is 344. The normalized spacial score (nSPS) is 9.86. The monoisotopic (exact) mass is 274 g/mol. The van der Waals surface area contributed by atoms with Gasteiger partial charge in [0.2, 0.25) is 5.91 Å². The fourth-order valence-electron chi connectivity index (χ4n) is 0.950. The molecule has 0 spiro atoms. The number of benzene rings is 1. The molecule has 0 aliphatic heterocycles. The average Bonchev–Trinajstić information content (AvgIpc) is 2.10. The number of hydrogen-bond acceptors (Lipinski definition) is 3. The molecule has 0 aliphatic rings. The highest BCUT2D eigenvalue weighted by atomic mass is 79.9. The number of hydrogen-bond donors (Lipinski definition) is 2. The molecule has 1 rings (SSSR count). The minimum Gasteiger partial charge on any atom is -0.399 e. The third-order valence-corrected chi connectivity index (χ3v) is 2.75. The van der Waals surface area contributed by atoms with Crippen LogP contribution in [0.25, 0.3) is 0 Å². The Morgan fingerprint density at radius 2 is 2.36 bits per heavy atom. The average molecular weight is 275 g/mol. The first kappa shape index (κ1) is 11.4.